The summed E-state index contributed by atoms with van der Waals surface area (Å²) in [5.41, 5.74) is 1.80. The third kappa shape index (κ3) is 4.11. The molecule has 2 rings (SSSR count). The standard InChI is InChI=1S/C17H16FNO/c1-19-13-15-9-10-17(16(18)12-15)20-11-5-8-14-6-3-2-4-7-14/h2-4,6-7,9-10,12,19H,11,13H2,1H3. The van der Waals surface area contributed by atoms with E-state index in [1.807, 2.05) is 43.4 Å². The predicted octanol–water partition coefficient (Wildman–Crippen LogP) is 2.98. The molecule has 0 aliphatic rings. The Morgan fingerprint density at radius 3 is 2.65 bits per heavy atom. The fourth-order valence-corrected chi connectivity index (χ4v) is 1.75. The highest BCUT2D eigenvalue weighted by molar-refractivity contribution is 5.34. The lowest BCUT2D eigenvalue weighted by Crippen LogP contribution is -2.05. The van der Waals surface area contributed by atoms with Gasteiger partial charge in [0.15, 0.2) is 11.6 Å². The van der Waals surface area contributed by atoms with Gasteiger partial charge >= 0.3 is 0 Å². The normalized spacial score (nSPS) is 9.70. The number of hydrogen-bond donors (Lipinski definition) is 1. The van der Waals surface area contributed by atoms with Gasteiger partial charge in [0.05, 0.1) is 0 Å². The van der Waals surface area contributed by atoms with Crippen LogP contribution in [-0.4, -0.2) is 13.7 Å². The number of rotatable bonds is 4. The van der Waals surface area contributed by atoms with Crippen LogP contribution in [0, 0.1) is 17.7 Å². The van der Waals surface area contributed by atoms with E-state index in [1.165, 1.54) is 6.07 Å². The van der Waals surface area contributed by atoms with E-state index >= 15 is 0 Å². The van der Waals surface area contributed by atoms with Gasteiger partial charge in [0.25, 0.3) is 0 Å². The van der Waals surface area contributed by atoms with Crippen molar-refractivity contribution in [3.05, 3.63) is 65.5 Å². The van der Waals surface area contributed by atoms with Gasteiger partial charge in [0.2, 0.25) is 0 Å². The van der Waals surface area contributed by atoms with Crippen LogP contribution in [-0.2, 0) is 6.54 Å². The summed E-state index contributed by atoms with van der Waals surface area (Å²) in [5, 5.41) is 2.97. The first-order valence-corrected chi connectivity index (χ1v) is 6.39. The van der Waals surface area contributed by atoms with E-state index in [0.717, 1.165) is 11.1 Å². The highest BCUT2D eigenvalue weighted by atomic mass is 19.1. The van der Waals surface area contributed by atoms with Crippen LogP contribution in [0.2, 0.25) is 0 Å². The summed E-state index contributed by atoms with van der Waals surface area (Å²) in [6.45, 7) is 0.794. The molecule has 0 unspecified atom stereocenters. The molecule has 2 aromatic rings. The third-order valence-electron chi connectivity index (χ3n) is 2.68. The van der Waals surface area contributed by atoms with Gasteiger partial charge < -0.3 is 10.1 Å². The average molecular weight is 269 g/mol. The highest BCUT2D eigenvalue weighted by Gasteiger charge is 2.03. The Balaban J connectivity index is 1.93. The Hall–Kier alpha value is -2.31. The molecule has 0 heterocycles. The first kappa shape index (κ1) is 14.1. The summed E-state index contributed by atoms with van der Waals surface area (Å²) < 4.78 is 19.0. The van der Waals surface area contributed by atoms with Crippen molar-refractivity contribution in [3.63, 3.8) is 0 Å². The predicted molar refractivity (Wildman–Crippen MR) is 78.0 cm³/mol. The number of nitrogens with one attached hydrogen (secondary N) is 1. The zero-order valence-electron chi connectivity index (χ0n) is 11.3. The molecule has 2 nitrogen and oxygen atoms in total. The number of halogens is 1. The van der Waals surface area contributed by atoms with Crippen molar-refractivity contribution < 1.29 is 9.13 Å². The van der Waals surface area contributed by atoms with E-state index in [-0.39, 0.29) is 18.2 Å². The van der Waals surface area contributed by atoms with E-state index in [4.69, 9.17) is 4.74 Å². The van der Waals surface area contributed by atoms with Crippen LogP contribution in [0.15, 0.2) is 48.5 Å². The molecule has 2 aromatic carbocycles. The van der Waals surface area contributed by atoms with E-state index < -0.39 is 0 Å². The van der Waals surface area contributed by atoms with Crippen LogP contribution in [0.25, 0.3) is 0 Å². The van der Waals surface area contributed by atoms with Gasteiger partial charge in [-0.2, -0.15) is 0 Å². The van der Waals surface area contributed by atoms with Crippen LogP contribution in [0.1, 0.15) is 11.1 Å². The molecule has 0 aromatic heterocycles. The summed E-state index contributed by atoms with van der Waals surface area (Å²) in [5.74, 6) is 5.69. The largest absolute Gasteiger partial charge is 0.478 e. The molecular formula is C17H16FNO. The maximum absolute atomic E-state index is 13.7. The lowest BCUT2D eigenvalue weighted by Gasteiger charge is -2.06. The van der Waals surface area contributed by atoms with Crippen LogP contribution in [0.4, 0.5) is 4.39 Å². The number of hydrogen-bond acceptors (Lipinski definition) is 2. The van der Waals surface area contributed by atoms with Crippen molar-refractivity contribution in [2.75, 3.05) is 13.7 Å². The molecule has 0 saturated carbocycles. The van der Waals surface area contributed by atoms with Gasteiger partial charge in [-0.15, -0.1) is 0 Å². The molecule has 3 heteroatoms. The van der Waals surface area contributed by atoms with Crippen molar-refractivity contribution in [1.29, 1.82) is 0 Å². The lowest BCUT2D eigenvalue weighted by molar-refractivity contribution is 0.348. The highest BCUT2D eigenvalue weighted by Crippen LogP contribution is 2.18. The first-order valence-electron chi connectivity index (χ1n) is 6.39. The smallest absolute Gasteiger partial charge is 0.165 e. The summed E-state index contributed by atoms with van der Waals surface area (Å²) in [6, 6.07) is 14.5. The second-order valence-corrected chi connectivity index (χ2v) is 4.25. The molecule has 0 atom stereocenters. The van der Waals surface area contributed by atoms with Gasteiger partial charge in [-0.25, -0.2) is 4.39 Å². The summed E-state index contributed by atoms with van der Waals surface area (Å²) in [4.78, 5) is 0. The lowest BCUT2D eigenvalue weighted by atomic mass is 10.2. The fourth-order valence-electron chi connectivity index (χ4n) is 1.75. The summed E-state index contributed by atoms with van der Waals surface area (Å²) in [7, 11) is 1.82. The minimum Gasteiger partial charge on any atom is -0.478 e. The minimum atomic E-state index is -0.362. The Labute approximate surface area is 118 Å². The zero-order chi connectivity index (χ0) is 14.2. The van der Waals surface area contributed by atoms with Gasteiger partial charge in [-0.05, 0) is 36.9 Å². The van der Waals surface area contributed by atoms with E-state index in [1.54, 1.807) is 6.07 Å². The molecule has 0 amide bonds. The molecule has 0 aliphatic carbocycles. The first-order chi connectivity index (χ1) is 9.79. The molecule has 0 spiro atoms. The van der Waals surface area contributed by atoms with Crippen LogP contribution < -0.4 is 10.1 Å². The monoisotopic (exact) mass is 269 g/mol. The molecule has 102 valence electrons. The van der Waals surface area contributed by atoms with Crippen molar-refractivity contribution in [3.8, 4) is 17.6 Å². The molecule has 0 radical (unpaired) electrons. The SMILES string of the molecule is CNCc1ccc(OCC#Cc2ccccc2)c(F)c1. The van der Waals surface area contributed by atoms with Crippen LogP contribution >= 0.6 is 0 Å². The van der Waals surface area contributed by atoms with E-state index in [0.29, 0.717) is 6.54 Å². The summed E-state index contributed by atoms with van der Waals surface area (Å²) >= 11 is 0. The van der Waals surface area contributed by atoms with Crippen molar-refractivity contribution in [2.24, 2.45) is 0 Å². The third-order valence-corrected chi connectivity index (χ3v) is 2.68. The number of benzene rings is 2. The van der Waals surface area contributed by atoms with Gasteiger partial charge in [-0.1, -0.05) is 36.1 Å². The Bertz CT molecular complexity index is 614. The number of ether oxygens (including phenoxy) is 1. The Morgan fingerprint density at radius 1 is 1.15 bits per heavy atom. The van der Waals surface area contributed by atoms with Gasteiger partial charge in [0.1, 0.15) is 6.61 Å². The fraction of sp³-hybridized carbons (Fsp3) is 0.176. The average Bonchev–Trinajstić information content (AvgIpc) is 2.47. The molecule has 1 N–H and O–H groups in total. The molecule has 0 aliphatic heterocycles. The topological polar surface area (TPSA) is 21.3 Å². The Morgan fingerprint density at radius 2 is 1.95 bits per heavy atom. The van der Waals surface area contributed by atoms with Crippen molar-refractivity contribution in [1.82, 2.24) is 5.32 Å². The molecule has 0 fully saturated rings. The quantitative estimate of drug-likeness (QED) is 0.862. The molecular weight excluding hydrogens is 253 g/mol. The van der Waals surface area contributed by atoms with E-state index in [2.05, 4.69) is 17.2 Å². The molecule has 0 saturated heterocycles. The second kappa shape index (κ2) is 7.32. The molecule has 0 bridgehead atoms. The zero-order valence-corrected chi connectivity index (χ0v) is 11.3. The van der Waals surface area contributed by atoms with Crippen molar-refractivity contribution >= 4 is 0 Å². The Kier molecular flexibility index (Phi) is 5.16. The summed E-state index contributed by atoms with van der Waals surface area (Å²) in [6.07, 6.45) is 0. The second-order valence-electron chi connectivity index (χ2n) is 4.25. The van der Waals surface area contributed by atoms with Crippen LogP contribution in [0.5, 0.6) is 5.75 Å². The minimum absolute atomic E-state index is 0.164. The molecule has 20 heavy (non-hydrogen) atoms. The van der Waals surface area contributed by atoms with Gasteiger partial charge in [-0.3, -0.25) is 0 Å². The van der Waals surface area contributed by atoms with E-state index in [9.17, 15) is 4.39 Å². The maximum atomic E-state index is 13.7. The van der Waals surface area contributed by atoms with Crippen LogP contribution in [0.3, 0.4) is 0 Å². The van der Waals surface area contributed by atoms with Gasteiger partial charge in [0, 0.05) is 12.1 Å². The maximum Gasteiger partial charge on any atom is 0.165 e. The van der Waals surface area contributed by atoms with Crippen molar-refractivity contribution in [2.45, 2.75) is 6.54 Å².